The van der Waals surface area contributed by atoms with Gasteiger partial charge in [-0.1, -0.05) is 60.7 Å². The van der Waals surface area contributed by atoms with Crippen LogP contribution in [0.2, 0.25) is 0 Å². The summed E-state index contributed by atoms with van der Waals surface area (Å²) in [6, 6.07) is 21.6. The van der Waals surface area contributed by atoms with Gasteiger partial charge in [-0.3, -0.25) is 25.1 Å². The highest BCUT2D eigenvalue weighted by molar-refractivity contribution is 7.14. The van der Waals surface area contributed by atoms with Crippen LogP contribution in [0, 0.1) is 5.41 Å². The van der Waals surface area contributed by atoms with Gasteiger partial charge in [0, 0.05) is 17.3 Å². The second-order valence-electron chi connectivity index (χ2n) is 9.55. The highest BCUT2D eigenvalue weighted by Gasteiger charge is 2.40. The van der Waals surface area contributed by atoms with Gasteiger partial charge in [-0.25, -0.2) is 0 Å². The first-order valence-corrected chi connectivity index (χ1v) is 14.2. The number of hydrogen-bond acceptors (Lipinski definition) is 7. The second kappa shape index (κ2) is 13.9. The minimum atomic E-state index is -0.807. The SMILES string of the molecule is CCOC(=O)CN[C@@H](C(=O)N1CCC[C@H]1C(=O)NCc1ccc(C(=N)N)s1)C(c1ccccc1)c1ccccc1. The van der Waals surface area contributed by atoms with Crippen LogP contribution in [0.3, 0.4) is 0 Å². The molecule has 1 fully saturated rings. The quantitative estimate of drug-likeness (QED) is 0.152. The van der Waals surface area contributed by atoms with Crippen LogP contribution in [0.5, 0.6) is 0 Å². The van der Waals surface area contributed by atoms with Crippen molar-refractivity contribution in [1.29, 1.82) is 5.41 Å². The minimum absolute atomic E-state index is 0.0112. The Hall–Kier alpha value is -4.02. The second-order valence-corrected chi connectivity index (χ2v) is 10.7. The minimum Gasteiger partial charge on any atom is -0.465 e. The third-order valence-electron chi connectivity index (χ3n) is 6.89. The summed E-state index contributed by atoms with van der Waals surface area (Å²) in [7, 11) is 0. The molecule has 0 radical (unpaired) electrons. The Morgan fingerprint density at radius 1 is 1.05 bits per heavy atom. The average Bonchev–Trinajstić information content (AvgIpc) is 3.65. The van der Waals surface area contributed by atoms with E-state index in [2.05, 4.69) is 10.6 Å². The van der Waals surface area contributed by atoms with E-state index in [9.17, 15) is 14.4 Å². The van der Waals surface area contributed by atoms with Crippen molar-refractivity contribution in [2.45, 2.75) is 44.3 Å². The molecule has 0 bridgehead atoms. The predicted molar refractivity (Wildman–Crippen MR) is 155 cm³/mol. The number of carbonyl (C=O) groups excluding carboxylic acids is 3. The Morgan fingerprint density at radius 3 is 2.27 bits per heavy atom. The lowest BCUT2D eigenvalue weighted by atomic mass is 9.84. The summed E-state index contributed by atoms with van der Waals surface area (Å²) in [6.45, 7) is 2.57. The lowest BCUT2D eigenvalue weighted by Gasteiger charge is -2.33. The third-order valence-corrected chi connectivity index (χ3v) is 8.01. The number of benzene rings is 2. The zero-order valence-electron chi connectivity index (χ0n) is 22.5. The summed E-state index contributed by atoms with van der Waals surface area (Å²) in [4.78, 5) is 43.0. The van der Waals surface area contributed by atoms with Gasteiger partial charge >= 0.3 is 5.97 Å². The number of thiophene rings is 1. The molecule has 9 nitrogen and oxygen atoms in total. The van der Waals surface area contributed by atoms with Crippen molar-refractivity contribution in [3.05, 3.63) is 93.7 Å². The summed E-state index contributed by atoms with van der Waals surface area (Å²) in [5.74, 6) is -1.33. The van der Waals surface area contributed by atoms with Crippen LogP contribution in [-0.2, 0) is 25.7 Å². The number of amidine groups is 1. The summed E-state index contributed by atoms with van der Waals surface area (Å²) >= 11 is 1.35. The lowest BCUT2D eigenvalue weighted by molar-refractivity contribution is -0.143. The number of rotatable bonds is 12. The summed E-state index contributed by atoms with van der Waals surface area (Å²) in [6.07, 6.45) is 1.25. The molecule has 1 aromatic heterocycles. The number of ether oxygens (including phenoxy) is 1. The first-order chi connectivity index (χ1) is 19.4. The molecule has 10 heteroatoms. The Morgan fingerprint density at radius 2 is 1.70 bits per heavy atom. The molecule has 210 valence electrons. The molecule has 1 aliphatic heterocycles. The van der Waals surface area contributed by atoms with Gasteiger partial charge in [0.1, 0.15) is 11.9 Å². The van der Waals surface area contributed by atoms with E-state index in [0.717, 1.165) is 16.0 Å². The molecule has 40 heavy (non-hydrogen) atoms. The number of likely N-dealkylation sites (tertiary alicyclic amines) is 1. The van der Waals surface area contributed by atoms with Crippen molar-refractivity contribution in [2.75, 3.05) is 19.7 Å². The molecular weight excluding hydrogens is 526 g/mol. The van der Waals surface area contributed by atoms with Crippen LogP contribution in [0.25, 0.3) is 0 Å². The molecule has 3 aromatic rings. The van der Waals surface area contributed by atoms with Gasteiger partial charge in [-0.15, -0.1) is 11.3 Å². The number of amides is 2. The van der Waals surface area contributed by atoms with Crippen molar-refractivity contribution in [3.8, 4) is 0 Å². The van der Waals surface area contributed by atoms with E-state index in [1.54, 1.807) is 17.9 Å². The highest BCUT2D eigenvalue weighted by Crippen LogP contribution is 2.31. The smallest absolute Gasteiger partial charge is 0.319 e. The van der Waals surface area contributed by atoms with E-state index < -0.39 is 24.0 Å². The maximum Gasteiger partial charge on any atom is 0.319 e. The van der Waals surface area contributed by atoms with E-state index in [4.69, 9.17) is 15.9 Å². The van der Waals surface area contributed by atoms with Gasteiger partial charge in [0.2, 0.25) is 11.8 Å². The number of nitrogens with two attached hydrogens (primary N) is 1. The molecular formula is C30H35N5O4S. The van der Waals surface area contributed by atoms with Gasteiger partial charge in [-0.05, 0) is 43.0 Å². The van der Waals surface area contributed by atoms with E-state index in [1.807, 2.05) is 66.7 Å². The molecule has 2 atom stereocenters. The van der Waals surface area contributed by atoms with Crippen molar-refractivity contribution in [2.24, 2.45) is 5.73 Å². The fourth-order valence-corrected chi connectivity index (χ4v) is 5.85. The third kappa shape index (κ3) is 7.13. The van der Waals surface area contributed by atoms with Gasteiger partial charge in [-0.2, -0.15) is 0 Å². The first-order valence-electron chi connectivity index (χ1n) is 13.4. The van der Waals surface area contributed by atoms with Crippen LogP contribution < -0.4 is 16.4 Å². The molecule has 2 amide bonds. The maximum absolute atomic E-state index is 14.3. The molecule has 2 aromatic carbocycles. The zero-order chi connectivity index (χ0) is 28.5. The highest BCUT2D eigenvalue weighted by atomic mass is 32.1. The van der Waals surface area contributed by atoms with Crippen LogP contribution in [0.4, 0.5) is 0 Å². The monoisotopic (exact) mass is 561 g/mol. The summed E-state index contributed by atoms with van der Waals surface area (Å²) < 4.78 is 5.13. The number of esters is 1. The van der Waals surface area contributed by atoms with Gasteiger partial charge in [0.15, 0.2) is 0 Å². The van der Waals surface area contributed by atoms with E-state index in [0.29, 0.717) is 24.3 Å². The van der Waals surface area contributed by atoms with Gasteiger partial charge < -0.3 is 20.7 Å². The predicted octanol–water partition coefficient (Wildman–Crippen LogP) is 2.99. The number of nitrogen functional groups attached to an aromatic ring is 1. The van der Waals surface area contributed by atoms with Crippen molar-refractivity contribution in [1.82, 2.24) is 15.5 Å². The van der Waals surface area contributed by atoms with Crippen molar-refractivity contribution >= 4 is 35.0 Å². The lowest BCUT2D eigenvalue weighted by Crippen LogP contribution is -2.55. The molecule has 0 aliphatic carbocycles. The van der Waals surface area contributed by atoms with Crippen LogP contribution >= 0.6 is 11.3 Å². The molecule has 0 spiro atoms. The average molecular weight is 562 g/mol. The fourth-order valence-electron chi connectivity index (χ4n) is 5.04. The normalized spacial score (nSPS) is 15.6. The summed E-state index contributed by atoms with van der Waals surface area (Å²) in [5, 5.41) is 13.7. The number of nitrogens with zero attached hydrogens (tertiary/aromatic N) is 1. The van der Waals surface area contributed by atoms with Crippen LogP contribution in [0.1, 0.15) is 46.6 Å². The van der Waals surface area contributed by atoms with E-state index in [1.165, 1.54) is 11.3 Å². The number of hydrogen-bond donors (Lipinski definition) is 4. The van der Waals surface area contributed by atoms with Crippen molar-refractivity contribution < 1.29 is 19.1 Å². The van der Waals surface area contributed by atoms with E-state index >= 15 is 0 Å². The zero-order valence-corrected chi connectivity index (χ0v) is 23.3. The molecule has 1 aliphatic rings. The number of nitrogens with one attached hydrogen (secondary N) is 3. The van der Waals surface area contributed by atoms with Crippen LogP contribution in [0.15, 0.2) is 72.8 Å². The Bertz CT molecular complexity index is 1270. The topological polar surface area (TPSA) is 138 Å². The fraction of sp³-hybridized carbons (Fsp3) is 0.333. The van der Waals surface area contributed by atoms with Gasteiger partial charge in [0.25, 0.3) is 0 Å². The largest absolute Gasteiger partial charge is 0.465 e. The Kier molecular flexibility index (Phi) is 10.0. The molecule has 2 heterocycles. The van der Waals surface area contributed by atoms with Gasteiger partial charge in [0.05, 0.1) is 30.6 Å². The molecule has 1 saturated heterocycles. The molecule has 4 rings (SSSR count). The number of carbonyl (C=O) groups is 3. The molecule has 0 saturated carbocycles. The molecule has 5 N–H and O–H groups in total. The standard InChI is InChI=1S/C30H35N5O4S/c1-2-39-25(36)19-33-27(26(20-10-5-3-6-11-20)21-12-7-4-8-13-21)30(38)35-17-9-14-23(35)29(37)34-18-22-15-16-24(40-22)28(31)32/h3-8,10-13,15-16,23,26-27,33H,2,9,14,17-19H2,1H3,(H3,31,32)(H,34,37)/t23-,27+/m0/s1. The van der Waals surface area contributed by atoms with Crippen molar-refractivity contribution in [3.63, 3.8) is 0 Å². The Balaban J connectivity index is 1.58. The molecule has 0 unspecified atom stereocenters. The van der Waals surface area contributed by atoms with E-state index in [-0.39, 0.29) is 37.3 Å². The first kappa shape index (κ1) is 29.0. The van der Waals surface area contributed by atoms with Crippen LogP contribution in [-0.4, -0.2) is 60.3 Å². The maximum atomic E-state index is 14.3. The Labute approximate surface area is 238 Å². The summed E-state index contributed by atoms with van der Waals surface area (Å²) in [5.41, 5.74) is 7.40.